The monoisotopic (exact) mass is 947 g/mol. The molecule has 0 aromatic rings. The Bertz CT molecular complexity index is 1140. The molecule has 0 saturated carbocycles. The van der Waals surface area contributed by atoms with Crippen LogP contribution < -0.4 is 0 Å². The van der Waals surface area contributed by atoms with E-state index in [9.17, 15) is 40.5 Å². The van der Waals surface area contributed by atoms with E-state index in [2.05, 4.69) is 26.0 Å². The summed E-state index contributed by atoms with van der Waals surface area (Å²) in [4.78, 5) is 13.0. The van der Waals surface area contributed by atoms with Gasteiger partial charge in [-0.25, -0.2) is 0 Å². The summed E-state index contributed by atoms with van der Waals surface area (Å²) in [6, 6.07) is 0. The average Bonchev–Trinajstić information content (AvgIpc) is 3.31. The van der Waals surface area contributed by atoms with Gasteiger partial charge in [-0.2, -0.15) is 0 Å². The molecule has 0 radical (unpaired) electrons. The van der Waals surface area contributed by atoms with Gasteiger partial charge in [-0.1, -0.05) is 187 Å². The fraction of sp³-hybridized carbons (Fsp3) is 0.942. The van der Waals surface area contributed by atoms with Gasteiger partial charge in [-0.3, -0.25) is 4.79 Å². The zero-order valence-corrected chi connectivity index (χ0v) is 41.4. The molecule has 0 aromatic heterocycles. The number of carbonyl (C=O) groups excluding carboxylic acids is 1. The second-order valence-corrected chi connectivity index (χ2v) is 19.1. The van der Waals surface area contributed by atoms with E-state index >= 15 is 0 Å². The molecule has 14 heteroatoms. The summed E-state index contributed by atoms with van der Waals surface area (Å²) in [7, 11) is 0. The number of esters is 1. The van der Waals surface area contributed by atoms with Crippen molar-refractivity contribution in [3.63, 3.8) is 0 Å². The predicted octanol–water partition coefficient (Wildman–Crippen LogP) is 8.24. The molecule has 0 aliphatic carbocycles. The number of unbranched alkanes of at least 4 members (excludes halogenated alkanes) is 27. The summed E-state index contributed by atoms with van der Waals surface area (Å²) in [6.45, 7) is 3.65. The summed E-state index contributed by atoms with van der Waals surface area (Å²) >= 11 is 0. The molecule has 7 N–H and O–H groups in total. The fourth-order valence-electron chi connectivity index (χ4n) is 8.64. The lowest BCUT2D eigenvalue weighted by atomic mass is 9.98. The van der Waals surface area contributed by atoms with Crippen LogP contribution in [0.15, 0.2) is 12.2 Å². The zero-order valence-electron chi connectivity index (χ0n) is 41.4. The van der Waals surface area contributed by atoms with Crippen molar-refractivity contribution in [2.24, 2.45) is 0 Å². The van der Waals surface area contributed by atoms with Gasteiger partial charge >= 0.3 is 5.97 Å². The van der Waals surface area contributed by atoms with Crippen molar-refractivity contribution in [1.82, 2.24) is 0 Å². The van der Waals surface area contributed by atoms with Crippen molar-refractivity contribution in [2.75, 3.05) is 33.0 Å². The third kappa shape index (κ3) is 27.8. The number of allylic oxidation sites excluding steroid dienone is 2. The Hall–Kier alpha value is -1.27. The molecule has 2 fully saturated rings. The van der Waals surface area contributed by atoms with E-state index in [0.29, 0.717) is 13.0 Å². The van der Waals surface area contributed by atoms with Gasteiger partial charge in [-0.15, -0.1) is 0 Å². The van der Waals surface area contributed by atoms with E-state index in [0.717, 1.165) is 51.4 Å². The summed E-state index contributed by atoms with van der Waals surface area (Å²) in [6.07, 6.45) is 25.7. The van der Waals surface area contributed by atoms with Gasteiger partial charge < -0.3 is 64.2 Å². The van der Waals surface area contributed by atoms with Crippen molar-refractivity contribution in [3.05, 3.63) is 12.2 Å². The van der Waals surface area contributed by atoms with Gasteiger partial charge in [0.2, 0.25) is 0 Å². The first-order valence-corrected chi connectivity index (χ1v) is 26.8. The molecular formula is C52H98O14. The maximum atomic E-state index is 13.0. The number of aliphatic hydroxyl groups excluding tert-OH is 7. The van der Waals surface area contributed by atoms with Gasteiger partial charge in [0.05, 0.1) is 26.4 Å². The standard InChI is InChI=1S/C52H98O14/c1-3-5-7-9-11-13-15-16-17-18-19-20-21-22-23-24-25-27-29-31-33-35-44(54)64-41(38-61-36-34-32-30-28-26-14-12-10-8-6-4-2)39-62-51-50(60)48(58)46(56)43(66-51)40-63-52-49(59)47(57)45(55)42(37-53)65-52/h8,10,41-43,45-53,55-60H,3-7,9,11-40H2,1-2H3/b10-8-. The zero-order chi connectivity index (χ0) is 48.0. The summed E-state index contributed by atoms with van der Waals surface area (Å²) in [5, 5.41) is 72.1. The molecule has 0 amide bonds. The lowest BCUT2D eigenvalue weighted by molar-refractivity contribution is -0.332. The second-order valence-electron chi connectivity index (χ2n) is 19.1. The first-order chi connectivity index (χ1) is 32.1. The Morgan fingerprint density at radius 2 is 0.924 bits per heavy atom. The van der Waals surface area contributed by atoms with Gasteiger partial charge in [0, 0.05) is 13.0 Å². The normalized spacial score (nSPS) is 26.3. The number of hydrogen-bond donors (Lipinski definition) is 7. The minimum absolute atomic E-state index is 0.0623. The van der Waals surface area contributed by atoms with Crippen LogP contribution in [-0.4, -0.2) is 142 Å². The van der Waals surface area contributed by atoms with Crippen LogP contribution >= 0.6 is 0 Å². The van der Waals surface area contributed by atoms with Gasteiger partial charge in [0.1, 0.15) is 54.9 Å². The third-order valence-corrected chi connectivity index (χ3v) is 13.0. The minimum Gasteiger partial charge on any atom is -0.457 e. The maximum Gasteiger partial charge on any atom is 0.306 e. The van der Waals surface area contributed by atoms with Crippen molar-refractivity contribution < 1.29 is 69.0 Å². The molecule has 2 aliphatic rings. The Morgan fingerprint density at radius 3 is 1.44 bits per heavy atom. The molecule has 0 aromatic carbocycles. The SMILES string of the molecule is CCC/C=C\CCCCCCCCOCC(COC1OC(COC2OC(CO)C(O)C(O)C2O)C(O)C(O)C1O)OC(=O)CCCCCCCCCCCCCCCCCCCCCCC. The van der Waals surface area contributed by atoms with Crippen LogP contribution in [0, 0.1) is 0 Å². The quantitative estimate of drug-likeness (QED) is 0.0174. The molecule has 2 aliphatic heterocycles. The van der Waals surface area contributed by atoms with Crippen molar-refractivity contribution in [1.29, 1.82) is 0 Å². The Labute approximate surface area is 399 Å². The average molecular weight is 947 g/mol. The van der Waals surface area contributed by atoms with Gasteiger partial charge in [0.25, 0.3) is 0 Å². The van der Waals surface area contributed by atoms with Gasteiger partial charge in [-0.05, 0) is 32.1 Å². The highest BCUT2D eigenvalue weighted by atomic mass is 16.7. The largest absolute Gasteiger partial charge is 0.457 e. The van der Waals surface area contributed by atoms with Gasteiger partial charge in [0.15, 0.2) is 12.6 Å². The van der Waals surface area contributed by atoms with Crippen LogP contribution in [0.25, 0.3) is 0 Å². The van der Waals surface area contributed by atoms with Crippen molar-refractivity contribution in [2.45, 2.75) is 280 Å². The van der Waals surface area contributed by atoms with Crippen LogP contribution in [0.2, 0.25) is 0 Å². The second kappa shape index (κ2) is 40.5. The van der Waals surface area contributed by atoms with Crippen LogP contribution in [-0.2, 0) is 33.2 Å². The summed E-state index contributed by atoms with van der Waals surface area (Å²) in [5.74, 6) is -0.374. The number of carbonyl (C=O) groups is 1. The molecule has 0 bridgehead atoms. The third-order valence-electron chi connectivity index (χ3n) is 13.0. The van der Waals surface area contributed by atoms with Crippen LogP contribution in [0.1, 0.15) is 213 Å². The van der Waals surface area contributed by atoms with Crippen LogP contribution in [0.5, 0.6) is 0 Å². The highest BCUT2D eigenvalue weighted by Gasteiger charge is 2.47. The molecule has 14 nitrogen and oxygen atoms in total. The van der Waals surface area contributed by atoms with E-state index < -0.39 is 80.7 Å². The summed E-state index contributed by atoms with van der Waals surface area (Å²) in [5.41, 5.74) is 0. The van der Waals surface area contributed by atoms with Crippen LogP contribution in [0.4, 0.5) is 0 Å². The molecule has 66 heavy (non-hydrogen) atoms. The van der Waals surface area contributed by atoms with E-state index in [4.69, 9.17) is 28.4 Å². The molecule has 390 valence electrons. The maximum absolute atomic E-state index is 13.0. The molecule has 11 unspecified atom stereocenters. The molecule has 0 spiro atoms. The van der Waals surface area contributed by atoms with E-state index in [-0.39, 0.29) is 25.6 Å². The van der Waals surface area contributed by atoms with Crippen molar-refractivity contribution >= 4 is 5.97 Å². The van der Waals surface area contributed by atoms with E-state index in [1.54, 1.807) is 0 Å². The lowest BCUT2D eigenvalue weighted by Crippen LogP contribution is -2.61. The highest BCUT2D eigenvalue weighted by Crippen LogP contribution is 2.26. The molecule has 2 saturated heterocycles. The molecular weight excluding hydrogens is 849 g/mol. The number of rotatable bonds is 43. The van der Waals surface area contributed by atoms with E-state index in [1.165, 1.54) is 135 Å². The molecule has 2 rings (SSSR count). The topological polar surface area (TPSA) is 214 Å². The Balaban J connectivity index is 1.71. The van der Waals surface area contributed by atoms with E-state index in [1.807, 2.05) is 0 Å². The Kier molecular flexibility index (Phi) is 37.3. The fourth-order valence-corrected chi connectivity index (χ4v) is 8.64. The first-order valence-electron chi connectivity index (χ1n) is 26.8. The minimum atomic E-state index is -1.70. The van der Waals surface area contributed by atoms with Crippen LogP contribution in [0.3, 0.4) is 0 Å². The van der Waals surface area contributed by atoms with Crippen molar-refractivity contribution in [3.8, 4) is 0 Å². The molecule has 2 heterocycles. The first kappa shape index (κ1) is 60.9. The Morgan fingerprint density at radius 1 is 0.485 bits per heavy atom. The number of hydrogen-bond acceptors (Lipinski definition) is 14. The summed E-state index contributed by atoms with van der Waals surface area (Å²) < 4.78 is 34.3. The highest BCUT2D eigenvalue weighted by molar-refractivity contribution is 5.69. The predicted molar refractivity (Wildman–Crippen MR) is 257 cm³/mol. The lowest BCUT2D eigenvalue weighted by Gasteiger charge is -2.42. The molecule has 11 atom stereocenters. The number of aliphatic hydroxyl groups is 7. The number of ether oxygens (including phenoxy) is 6. The smallest absolute Gasteiger partial charge is 0.306 e.